The molecular formula is C7H12O3S. The van der Waals surface area contributed by atoms with Gasteiger partial charge in [-0.25, -0.2) is 8.42 Å². The van der Waals surface area contributed by atoms with Crippen LogP contribution >= 0.6 is 0 Å². The summed E-state index contributed by atoms with van der Waals surface area (Å²) in [5.74, 6) is 0.0895. The van der Waals surface area contributed by atoms with Gasteiger partial charge >= 0.3 is 0 Å². The van der Waals surface area contributed by atoms with Crippen molar-refractivity contribution in [2.45, 2.75) is 30.9 Å². The third kappa shape index (κ3) is 2.29. The summed E-state index contributed by atoms with van der Waals surface area (Å²) in [6.45, 7) is 0. The number of carbonyl (C=O) groups is 1. The van der Waals surface area contributed by atoms with Gasteiger partial charge in [0.15, 0.2) is 9.84 Å². The van der Waals surface area contributed by atoms with Crippen molar-refractivity contribution in [1.29, 1.82) is 0 Å². The van der Waals surface area contributed by atoms with Crippen LogP contribution in [0.4, 0.5) is 0 Å². The molecule has 0 spiro atoms. The first-order valence-corrected chi connectivity index (χ1v) is 5.66. The number of ketones is 1. The van der Waals surface area contributed by atoms with Crippen molar-refractivity contribution in [2.75, 3.05) is 6.26 Å². The van der Waals surface area contributed by atoms with Crippen LogP contribution in [-0.2, 0) is 14.6 Å². The van der Waals surface area contributed by atoms with E-state index < -0.39 is 15.1 Å². The van der Waals surface area contributed by atoms with Gasteiger partial charge in [-0.15, -0.1) is 0 Å². The normalized spacial score (nSPS) is 27.0. The highest BCUT2D eigenvalue weighted by molar-refractivity contribution is 7.91. The van der Waals surface area contributed by atoms with Gasteiger partial charge in [-0.3, -0.25) is 4.79 Å². The Morgan fingerprint density at radius 2 is 2.09 bits per heavy atom. The molecule has 3 nitrogen and oxygen atoms in total. The average Bonchev–Trinajstić information content (AvgIpc) is 1.86. The summed E-state index contributed by atoms with van der Waals surface area (Å²) in [5.41, 5.74) is 0. The second kappa shape index (κ2) is 2.93. The fraction of sp³-hybridized carbons (Fsp3) is 0.857. The smallest absolute Gasteiger partial charge is 0.150 e. The van der Waals surface area contributed by atoms with Crippen molar-refractivity contribution in [3.63, 3.8) is 0 Å². The van der Waals surface area contributed by atoms with Crippen molar-refractivity contribution in [3.05, 3.63) is 0 Å². The summed E-state index contributed by atoms with van der Waals surface area (Å²) in [6, 6.07) is 0. The molecule has 1 fully saturated rings. The molecule has 0 N–H and O–H groups in total. The molecule has 1 rings (SSSR count). The minimum absolute atomic E-state index is 0.0895. The molecule has 4 heteroatoms. The van der Waals surface area contributed by atoms with E-state index in [4.69, 9.17) is 0 Å². The zero-order valence-electron chi connectivity index (χ0n) is 6.54. The molecule has 1 atom stereocenters. The summed E-state index contributed by atoms with van der Waals surface area (Å²) in [4.78, 5) is 10.9. The van der Waals surface area contributed by atoms with Crippen molar-refractivity contribution in [2.24, 2.45) is 0 Å². The molecule has 0 aromatic carbocycles. The lowest BCUT2D eigenvalue weighted by Crippen LogP contribution is -2.27. The Morgan fingerprint density at radius 1 is 1.45 bits per heavy atom. The number of rotatable bonds is 1. The maximum Gasteiger partial charge on any atom is 0.150 e. The molecule has 0 saturated heterocycles. The molecule has 1 aliphatic rings. The first-order chi connectivity index (χ1) is 5.00. The van der Waals surface area contributed by atoms with Crippen molar-refractivity contribution in [1.82, 2.24) is 0 Å². The van der Waals surface area contributed by atoms with E-state index in [1.807, 2.05) is 0 Å². The Morgan fingerprint density at radius 3 is 2.45 bits per heavy atom. The molecule has 1 saturated carbocycles. The first kappa shape index (κ1) is 8.71. The number of carbonyl (C=O) groups excluding carboxylic acids is 1. The highest BCUT2D eigenvalue weighted by Gasteiger charge is 2.26. The molecule has 0 aromatic heterocycles. The average molecular weight is 176 g/mol. The second-order valence-electron chi connectivity index (χ2n) is 3.09. The maximum absolute atomic E-state index is 11.0. The molecule has 0 amide bonds. The van der Waals surface area contributed by atoms with Gasteiger partial charge in [0, 0.05) is 19.1 Å². The van der Waals surface area contributed by atoms with Crippen LogP contribution in [0, 0.1) is 0 Å². The second-order valence-corrected chi connectivity index (χ2v) is 5.41. The highest BCUT2D eigenvalue weighted by Crippen LogP contribution is 2.20. The largest absolute Gasteiger partial charge is 0.300 e. The van der Waals surface area contributed by atoms with E-state index in [2.05, 4.69) is 0 Å². The van der Waals surface area contributed by atoms with E-state index in [9.17, 15) is 13.2 Å². The van der Waals surface area contributed by atoms with Crippen molar-refractivity contribution < 1.29 is 13.2 Å². The zero-order chi connectivity index (χ0) is 8.48. The lowest BCUT2D eigenvalue weighted by atomic mass is 9.99. The van der Waals surface area contributed by atoms with Gasteiger partial charge in [0.05, 0.1) is 5.25 Å². The van der Waals surface area contributed by atoms with Gasteiger partial charge in [0.2, 0.25) is 0 Å². The van der Waals surface area contributed by atoms with E-state index in [0.717, 1.165) is 6.42 Å². The lowest BCUT2D eigenvalue weighted by Gasteiger charge is -2.18. The molecule has 0 radical (unpaired) electrons. The van der Waals surface area contributed by atoms with Crippen LogP contribution in [0.1, 0.15) is 25.7 Å². The summed E-state index contributed by atoms with van der Waals surface area (Å²) >= 11 is 0. The molecule has 0 unspecified atom stereocenters. The predicted octanol–water partition coefficient (Wildman–Crippen LogP) is 0.543. The maximum atomic E-state index is 11.0. The molecule has 64 valence electrons. The quantitative estimate of drug-likeness (QED) is 0.586. The fourth-order valence-electron chi connectivity index (χ4n) is 1.35. The fourth-order valence-corrected chi connectivity index (χ4v) is 2.43. The SMILES string of the molecule is CS(=O)(=O)[C@@H]1CCCC(=O)C1. The van der Waals surface area contributed by atoms with Gasteiger partial charge < -0.3 is 0 Å². The van der Waals surface area contributed by atoms with Crippen LogP contribution < -0.4 is 0 Å². The number of hydrogen-bond acceptors (Lipinski definition) is 3. The predicted molar refractivity (Wildman–Crippen MR) is 42.1 cm³/mol. The van der Waals surface area contributed by atoms with Crippen LogP contribution in [0.25, 0.3) is 0 Å². The Hall–Kier alpha value is -0.380. The van der Waals surface area contributed by atoms with Crippen LogP contribution in [0.15, 0.2) is 0 Å². The third-order valence-corrected chi connectivity index (χ3v) is 3.66. The highest BCUT2D eigenvalue weighted by atomic mass is 32.2. The molecule has 1 aliphatic carbocycles. The van der Waals surface area contributed by atoms with Crippen LogP contribution in [-0.4, -0.2) is 25.7 Å². The third-order valence-electron chi connectivity index (χ3n) is 2.04. The summed E-state index contributed by atoms with van der Waals surface area (Å²) < 4.78 is 22.0. The van der Waals surface area contributed by atoms with Crippen molar-refractivity contribution >= 4 is 15.6 Å². The number of sulfone groups is 1. The van der Waals surface area contributed by atoms with Gasteiger partial charge in [0.1, 0.15) is 5.78 Å². The van der Waals surface area contributed by atoms with E-state index in [1.165, 1.54) is 6.26 Å². The summed E-state index contributed by atoms with van der Waals surface area (Å²) in [6.07, 6.45) is 3.39. The molecule has 0 aromatic rings. The Kier molecular flexibility index (Phi) is 2.32. The van der Waals surface area contributed by atoms with Crippen LogP contribution in [0.2, 0.25) is 0 Å². The Bertz CT molecular complexity index is 253. The molecular weight excluding hydrogens is 164 g/mol. The number of hydrogen-bond donors (Lipinski definition) is 0. The minimum atomic E-state index is -2.98. The van der Waals surface area contributed by atoms with Crippen LogP contribution in [0.3, 0.4) is 0 Å². The van der Waals surface area contributed by atoms with Gasteiger partial charge in [0.25, 0.3) is 0 Å². The minimum Gasteiger partial charge on any atom is -0.300 e. The lowest BCUT2D eigenvalue weighted by molar-refractivity contribution is -0.120. The zero-order valence-corrected chi connectivity index (χ0v) is 7.36. The van der Waals surface area contributed by atoms with E-state index >= 15 is 0 Å². The molecule has 11 heavy (non-hydrogen) atoms. The summed E-state index contributed by atoms with van der Waals surface area (Å²) in [7, 11) is -2.98. The Balaban J connectivity index is 2.68. The topological polar surface area (TPSA) is 51.2 Å². The molecule has 0 aliphatic heterocycles. The molecule has 0 heterocycles. The molecule has 0 bridgehead atoms. The van der Waals surface area contributed by atoms with Crippen LogP contribution in [0.5, 0.6) is 0 Å². The van der Waals surface area contributed by atoms with E-state index in [0.29, 0.717) is 12.8 Å². The monoisotopic (exact) mass is 176 g/mol. The van der Waals surface area contributed by atoms with Crippen molar-refractivity contribution in [3.8, 4) is 0 Å². The van der Waals surface area contributed by atoms with E-state index in [-0.39, 0.29) is 12.2 Å². The van der Waals surface area contributed by atoms with Gasteiger partial charge in [-0.2, -0.15) is 0 Å². The van der Waals surface area contributed by atoms with Gasteiger partial charge in [-0.05, 0) is 12.8 Å². The summed E-state index contributed by atoms with van der Waals surface area (Å²) in [5, 5.41) is -0.399. The first-order valence-electron chi connectivity index (χ1n) is 3.71. The number of Topliss-reactive ketones (excluding diaryl/α,β-unsaturated/α-hetero) is 1. The Labute approximate surface area is 66.7 Å². The van der Waals surface area contributed by atoms with Gasteiger partial charge in [-0.1, -0.05) is 0 Å². The van der Waals surface area contributed by atoms with E-state index in [1.54, 1.807) is 0 Å². The standard InChI is InChI=1S/C7H12O3S/c1-11(9,10)7-4-2-3-6(8)5-7/h7H,2-5H2,1H3/t7-/m1/s1.